The molecular weight excluding hydrogens is 250 g/mol. The number of nitrogens with zero attached hydrogens (tertiary/aromatic N) is 2. The first-order valence-electron chi connectivity index (χ1n) is 7.90. The fourth-order valence-corrected chi connectivity index (χ4v) is 2.70. The first-order chi connectivity index (χ1) is 9.67. The quantitative estimate of drug-likeness (QED) is 0.866. The Morgan fingerprint density at radius 1 is 1.30 bits per heavy atom. The van der Waals surface area contributed by atoms with Crippen LogP contribution in [0.2, 0.25) is 0 Å². The predicted molar refractivity (Wildman–Crippen MR) is 80.7 cm³/mol. The molecule has 1 aromatic rings. The zero-order valence-electron chi connectivity index (χ0n) is 12.9. The molecule has 1 aliphatic carbocycles. The third kappa shape index (κ3) is 4.75. The normalized spacial score (nSPS) is 23.0. The van der Waals surface area contributed by atoms with Crippen LogP contribution in [0.1, 0.15) is 58.6 Å². The predicted octanol–water partition coefficient (Wildman–Crippen LogP) is 3.32. The lowest BCUT2D eigenvalue weighted by Gasteiger charge is -2.28. The topological polar surface area (TPSA) is 47.0 Å². The second-order valence-corrected chi connectivity index (χ2v) is 6.08. The SMILES string of the molecule is CCC1CCCC(Oc2ccc(CNC(C)C)nn2)C1. The van der Waals surface area contributed by atoms with Gasteiger partial charge in [-0.05, 0) is 31.2 Å². The van der Waals surface area contributed by atoms with E-state index in [9.17, 15) is 0 Å². The summed E-state index contributed by atoms with van der Waals surface area (Å²) >= 11 is 0. The number of hydrogen-bond acceptors (Lipinski definition) is 4. The Morgan fingerprint density at radius 2 is 2.15 bits per heavy atom. The summed E-state index contributed by atoms with van der Waals surface area (Å²) in [5.74, 6) is 1.48. The summed E-state index contributed by atoms with van der Waals surface area (Å²) in [6.07, 6.45) is 6.51. The van der Waals surface area contributed by atoms with Crippen LogP contribution in [0.4, 0.5) is 0 Å². The van der Waals surface area contributed by atoms with Crippen LogP contribution in [0.25, 0.3) is 0 Å². The lowest BCUT2D eigenvalue weighted by atomic mass is 9.85. The molecule has 1 aromatic heterocycles. The van der Waals surface area contributed by atoms with E-state index in [1.54, 1.807) is 0 Å². The van der Waals surface area contributed by atoms with Gasteiger partial charge in [0.05, 0.1) is 5.69 Å². The first-order valence-corrected chi connectivity index (χ1v) is 7.90. The highest BCUT2D eigenvalue weighted by Crippen LogP contribution is 2.28. The fourth-order valence-electron chi connectivity index (χ4n) is 2.70. The molecular formula is C16H27N3O. The molecule has 0 bridgehead atoms. The van der Waals surface area contributed by atoms with Gasteiger partial charge in [0.2, 0.25) is 5.88 Å². The molecule has 0 saturated heterocycles. The van der Waals surface area contributed by atoms with Gasteiger partial charge in [-0.1, -0.05) is 33.6 Å². The fraction of sp³-hybridized carbons (Fsp3) is 0.750. The van der Waals surface area contributed by atoms with Gasteiger partial charge in [-0.25, -0.2) is 0 Å². The van der Waals surface area contributed by atoms with Gasteiger partial charge in [0.1, 0.15) is 6.10 Å². The number of ether oxygens (including phenoxy) is 1. The van der Waals surface area contributed by atoms with Gasteiger partial charge >= 0.3 is 0 Å². The van der Waals surface area contributed by atoms with E-state index < -0.39 is 0 Å². The Balaban J connectivity index is 1.83. The van der Waals surface area contributed by atoms with E-state index in [-0.39, 0.29) is 0 Å². The summed E-state index contributed by atoms with van der Waals surface area (Å²) < 4.78 is 5.97. The molecule has 0 aromatic carbocycles. The number of hydrogen-bond donors (Lipinski definition) is 1. The smallest absolute Gasteiger partial charge is 0.233 e. The molecule has 2 unspecified atom stereocenters. The lowest BCUT2D eigenvalue weighted by Crippen LogP contribution is -2.26. The molecule has 1 aliphatic rings. The molecule has 112 valence electrons. The minimum absolute atomic E-state index is 0.322. The Labute approximate surface area is 122 Å². The van der Waals surface area contributed by atoms with E-state index in [1.807, 2.05) is 12.1 Å². The van der Waals surface area contributed by atoms with Crippen LogP contribution in [0, 0.1) is 5.92 Å². The van der Waals surface area contributed by atoms with Crippen LogP contribution < -0.4 is 10.1 Å². The molecule has 4 nitrogen and oxygen atoms in total. The Morgan fingerprint density at radius 3 is 2.80 bits per heavy atom. The summed E-state index contributed by atoms with van der Waals surface area (Å²) in [6, 6.07) is 4.40. The third-order valence-electron chi connectivity index (χ3n) is 3.99. The highest BCUT2D eigenvalue weighted by atomic mass is 16.5. The number of rotatable bonds is 6. The van der Waals surface area contributed by atoms with E-state index in [2.05, 4.69) is 36.3 Å². The molecule has 2 atom stereocenters. The highest BCUT2D eigenvalue weighted by Gasteiger charge is 2.22. The lowest BCUT2D eigenvalue weighted by molar-refractivity contribution is 0.116. The maximum absolute atomic E-state index is 5.97. The first kappa shape index (κ1) is 15.2. The molecule has 1 N–H and O–H groups in total. The van der Waals surface area contributed by atoms with Crippen molar-refractivity contribution in [2.24, 2.45) is 5.92 Å². The zero-order valence-corrected chi connectivity index (χ0v) is 12.9. The van der Waals surface area contributed by atoms with Crippen molar-refractivity contribution in [2.75, 3.05) is 0 Å². The summed E-state index contributed by atoms with van der Waals surface area (Å²) in [5.41, 5.74) is 0.959. The minimum atomic E-state index is 0.322. The van der Waals surface area contributed by atoms with E-state index in [0.29, 0.717) is 18.0 Å². The Hall–Kier alpha value is -1.16. The van der Waals surface area contributed by atoms with Gasteiger partial charge in [0, 0.05) is 18.7 Å². The Kier molecular flexibility index (Phi) is 5.77. The third-order valence-corrected chi connectivity index (χ3v) is 3.99. The van der Waals surface area contributed by atoms with Crippen molar-refractivity contribution in [1.29, 1.82) is 0 Å². The molecule has 0 amide bonds. The molecule has 20 heavy (non-hydrogen) atoms. The van der Waals surface area contributed by atoms with Crippen molar-refractivity contribution in [3.63, 3.8) is 0 Å². The van der Waals surface area contributed by atoms with Gasteiger partial charge < -0.3 is 10.1 Å². The minimum Gasteiger partial charge on any atom is -0.473 e. The van der Waals surface area contributed by atoms with E-state index in [4.69, 9.17) is 4.74 Å². The second-order valence-electron chi connectivity index (χ2n) is 6.08. The monoisotopic (exact) mass is 277 g/mol. The van der Waals surface area contributed by atoms with Crippen LogP contribution >= 0.6 is 0 Å². The zero-order chi connectivity index (χ0) is 14.4. The van der Waals surface area contributed by atoms with Crippen molar-refractivity contribution in [1.82, 2.24) is 15.5 Å². The summed E-state index contributed by atoms with van der Waals surface area (Å²) in [4.78, 5) is 0. The van der Waals surface area contributed by atoms with Crippen LogP contribution in [0.5, 0.6) is 5.88 Å². The van der Waals surface area contributed by atoms with E-state index in [1.165, 1.54) is 19.3 Å². The van der Waals surface area contributed by atoms with Crippen molar-refractivity contribution in [2.45, 2.75) is 71.6 Å². The number of nitrogens with one attached hydrogen (secondary N) is 1. The average Bonchev–Trinajstić information content (AvgIpc) is 2.47. The van der Waals surface area contributed by atoms with Crippen molar-refractivity contribution >= 4 is 0 Å². The van der Waals surface area contributed by atoms with Crippen molar-refractivity contribution in [3.05, 3.63) is 17.8 Å². The Bertz CT molecular complexity index is 391. The van der Waals surface area contributed by atoms with Gasteiger partial charge in [-0.15, -0.1) is 5.10 Å². The van der Waals surface area contributed by atoms with Gasteiger partial charge in [0.25, 0.3) is 0 Å². The van der Waals surface area contributed by atoms with Crippen LogP contribution in [0.15, 0.2) is 12.1 Å². The highest BCUT2D eigenvalue weighted by molar-refractivity contribution is 5.12. The van der Waals surface area contributed by atoms with Crippen molar-refractivity contribution < 1.29 is 4.74 Å². The molecule has 0 spiro atoms. The molecule has 1 fully saturated rings. The molecule has 4 heteroatoms. The standard InChI is InChI=1S/C16H27N3O/c1-4-13-6-5-7-15(10-13)20-16-9-8-14(18-19-16)11-17-12(2)3/h8-9,12-13,15,17H,4-7,10-11H2,1-3H3. The van der Waals surface area contributed by atoms with Crippen molar-refractivity contribution in [3.8, 4) is 5.88 Å². The van der Waals surface area contributed by atoms with Crippen LogP contribution in [-0.2, 0) is 6.54 Å². The average molecular weight is 277 g/mol. The summed E-state index contributed by atoms with van der Waals surface area (Å²) in [5, 5.41) is 11.7. The molecule has 2 rings (SSSR count). The maximum atomic E-state index is 5.97. The van der Waals surface area contributed by atoms with Crippen LogP contribution in [0.3, 0.4) is 0 Å². The summed E-state index contributed by atoms with van der Waals surface area (Å²) in [6.45, 7) is 7.27. The van der Waals surface area contributed by atoms with Gasteiger partial charge in [-0.2, -0.15) is 5.10 Å². The second kappa shape index (κ2) is 7.58. The van der Waals surface area contributed by atoms with E-state index >= 15 is 0 Å². The maximum Gasteiger partial charge on any atom is 0.233 e. The largest absolute Gasteiger partial charge is 0.473 e. The van der Waals surface area contributed by atoms with Crippen LogP contribution in [-0.4, -0.2) is 22.3 Å². The molecule has 1 saturated carbocycles. The van der Waals surface area contributed by atoms with Gasteiger partial charge in [-0.3, -0.25) is 0 Å². The number of aromatic nitrogens is 2. The summed E-state index contributed by atoms with van der Waals surface area (Å²) in [7, 11) is 0. The molecule has 0 aliphatic heterocycles. The molecule has 0 radical (unpaired) electrons. The molecule has 1 heterocycles. The van der Waals surface area contributed by atoms with Gasteiger partial charge in [0.15, 0.2) is 0 Å². The van der Waals surface area contributed by atoms with E-state index in [0.717, 1.165) is 31.0 Å².